The molecule has 0 amide bonds. The molecule has 164 valence electrons. The average molecular weight is 462 g/mol. The molecule has 0 saturated carbocycles. The van der Waals surface area contributed by atoms with Gasteiger partial charge in [0.1, 0.15) is 5.82 Å². The highest BCUT2D eigenvalue weighted by molar-refractivity contribution is 8.03. The van der Waals surface area contributed by atoms with Crippen LogP contribution in [0.2, 0.25) is 0 Å². The minimum atomic E-state index is -2.61. The SMILES string of the molecule is CCc1nc(-c2cccc(C)c2)c(-c2ccnc(NS(=O)(=C(C)C)c3ccccc3)c2)s1. The van der Waals surface area contributed by atoms with E-state index in [1.807, 2.05) is 56.3 Å². The van der Waals surface area contributed by atoms with Crippen LogP contribution >= 0.6 is 11.3 Å². The van der Waals surface area contributed by atoms with Crippen LogP contribution in [0.4, 0.5) is 5.82 Å². The zero-order chi connectivity index (χ0) is 22.7. The van der Waals surface area contributed by atoms with Crippen LogP contribution in [-0.4, -0.2) is 19.0 Å². The molecule has 2 aromatic heterocycles. The minimum absolute atomic E-state index is 0.583. The van der Waals surface area contributed by atoms with Crippen LogP contribution in [-0.2, 0) is 16.1 Å². The second kappa shape index (κ2) is 9.27. The molecule has 2 aromatic carbocycles. The molecule has 4 rings (SSSR count). The molecule has 0 spiro atoms. The average Bonchev–Trinajstić information content (AvgIpc) is 3.24. The molecule has 0 aliphatic carbocycles. The molecule has 4 aromatic rings. The van der Waals surface area contributed by atoms with E-state index in [4.69, 9.17) is 4.98 Å². The summed E-state index contributed by atoms with van der Waals surface area (Å²) in [4.78, 5) is 12.1. The Balaban J connectivity index is 1.79. The van der Waals surface area contributed by atoms with E-state index in [-0.39, 0.29) is 0 Å². The number of aryl methyl sites for hydroxylation is 2. The van der Waals surface area contributed by atoms with Crippen LogP contribution in [0.15, 0.2) is 77.8 Å². The first-order chi connectivity index (χ1) is 15.4. The topological polar surface area (TPSA) is 54.9 Å². The lowest BCUT2D eigenvalue weighted by molar-refractivity contribution is 0.683. The van der Waals surface area contributed by atoms with Crippen molar-refractivity contribution in [3.63, 3.8) is 0 Å². The standard InChI is InChI=1S/C26H27N3OS2/c1-5-24-28-25(20-11-9-10-19(4)16-20)26(31-24)21-14-15-27-23(17-21)29-32(30,18(2)3)22-12-7-6-8-13-22/h6-17H,5H2,1-4H3,(H,27,29,30). The van der Waals surface area contributed by atoms with Crippen molar-refractivity contribution in [2.75, 3.05) is 4.72 Å². The normalized spacial score (nSPS) is 12.9. The van der Waals surface area contributed by atoms with Gasteiger partial charge in [0, 0.05) is 16.7 Å². The maximum absolute atomic E-state index is 13.9. The second-order valence-electron chi connectivity index (χ2n) is 7.82. The first-order valence-electron chi connectivity index (χ1n) is 10.6. The highest BCUT2D eigenvalue weighted by atomic mass is 32.2. The predicted octanol–water partition coefficient (Wildman–Crippen LogP) is 6.63. The molecule has 0 radical (unpaired) electrons. The van der Waals surface area contributed by atoms with Crippen molar-refractivity contribution in [3.05, 3.63) is 83.5 Å². The van der Waals surface area contributed by atoms with Crippen molar-refractivity contribution in [3.8, 4) is 21.7 Å². The molecular weight excluding hydrogens is 434 g/mol. The Labute approximate surface area is 194 Å². The summed E-state index contributed by atoms with van der Waals surface area (Å²) in [6.45, 7) is 7.99. The van der Waals surface area contributed by atoms with Crippen LogP contribution in [0.25, 0.3) is 21.7 Å². The molecule has 32 heavy (non-hydrogen) atoms. The van der Waals surface area contributed by atoms with E-state index in [0.717, 1.165) is 42.9 Å². The van der Waals surface area contributed by atoms with Gasteiger partial charge in [-0.2, -0.15) is 0 Å². The summed E-state index contributed by atoms with van der Waals surface area (Å²) in [7, 11) is -2.61. The number of pyridine rings is 1. The van der Waals surface area contributed by atoms with E-state index >= 15 is 0 Å². The van der Waals surface area contributed by atoms with Gasteiger partial charge in [-0.25, -0.2) is 14.2 Å². The Morgan fingerprint density at radius 3 is 2.47 bits per heavy atom. The van der Waals surface area contributed by atoms with Gasteiger partial charge in [0.15, 0.2) is 0 Å². The van der Waals surface area contributed by atoms with Crippen molar-refractivity contribution in [1.29, 1.82) is 0 Å². The third-order valence-corrected chi connectivity index (χ3v) is 9.02. The van der Waals surface area contributed by atoms with E-state index < -0.39 is 9.71 Å². The van der Waals surface area contributed by atoms with Gasteiger partial charge in [0.05, 0.1) is 25.3 Å². The quantitative estimate of drug-likeness (QED) is 0.328. The number of nitrogens with one attached hydrogen (secondary N) is 1. The van der Waals surface area contributed by atoms with Gasteiger partial charge in [0.25, 0.3) is 0 Å². The molecule has 0 saturated heterocycles. The highest BCUT2D eigenvalue weighted by Gasteiger charge is 2.17. The van der Waals surface area contributed by atoms with Crippen molar-refractivity contribution < 1.29 is 4.21 Å². The summed E-state index contributed by atoms with van der Waals surface area (Å²) >= 11 is 1.70. The Morgan fingerprint density at radius 2 is 1.78 bits per heavy atom. The van der Waals surface area contributed by atoms with Gasteiger partial charge in [-0.3, -0.25) is 4.72 Å². The lowest BCUT2D eigenvalue weighted by atomic mass is 10.1. The molecule has 0 bridgehead atoms. The molecule has 0 fully saturated rings. The van der Waals surface area contributed by atoms with Crippen LogP contribution in [0.1, 0.15) is 31.3 Å². The number of anilines is 1. The fourth-order valence-electron chi connectivity index (χ4n) is 3.48. The van der Waals surface area contributed by atoms with E-state index in [1.54, 1.807) is 17.5 Å². The maximum Gasteiger partial charge on any atom is 0.138 e. The third-order valence-electron chi connectivity index (χ3n) is 5.19. The van der Waals surface area contributed by atoms with Gasteiger partial charge >= 0.3 is 0 Å². The highest BCUT2D eigenvalue weighted by Crippen LogP contribution is 2.38. The molecule has 1 atom stereocenters. The monoisotopic (exact) mass is 461 g/mol. The second-order valence-corrected chi connectivity index (χ2v) is 11.5. The molecule has 6 heteroatoms. The van der Waals surface area contributed by atoms with Gasteiger partial charge in [-0.15, -0.1) is 11.3 Å². The number of hydrogen-bond acceptors (Lipinski definition) is 4. The Hall–Kier alpha value is -2.96. The van der Waals surface area contributed by atoms with Crippen LogP contribution in [0.3, 0.4) is 0 Å². The Bertz CT molecular complexity index is 1360. The van der Waals surface area contributed by atoms with Crippen LogP contribution in [0.5, 0.6) is 0 Å². The minimum Gasteiger partial charge on any atom is -0.293 e. The van der Waals surface area contributed by atoms with E-state index in [0.29, 0.717) is 5.82 Å². The smallest absolute Gasteiger partial charge is 0.138 e. The lowest BCUT2D eigenvalue weighted by Gasteiger charge is -2.16. The predicted molar refractivity (Wildman–Crippen MR) is 138 cm³/mol. The number of hydrogen-bond donors (Lipinski definition) is 1. The molecule has 1 N–H and O–H groups in total. The summed E-state index contributed by atoms with van der Waals surface area (Å²) in [5.74, 6) is 0.583. The summed E-state index contributed by atoms with van der Waals surface area (Å²) in [6.07, 6.45) is 2.64. The fraction of sp³-hybridized carbons (Fsp3) is 0.192. The number of thiazole rings is 1. The van der Waals surface area contributed by atoms with Crippen molar-refractivity contribution in [1.82, 2.24) is 9.97 Å². The zero-order valence-electron chi connectivity index (χ0n) is 18.8. The van der Waals surface area contributed by atoms with E-state index in [9.17, 15) is 4.21 Å². The third kappa shape index (κ3) is 4.47. The van der Waals surface area contributed by atoms with E-state index in [2.05, 4.69) is 47.8 Å². The summed E-state index contributed by atoms with van der Waals surface area (Å²) in [6, 6.07) is 21.9. The van der Waals surface area contributed by atoms with Crippen LogP contribution < -0.4 is 4.72 Å². The van der Waals surface area contributed by atoms with Gasteiger partial charge in [-0.1, -0.05) is 48.9 Å². The number of rotatable bonds is 6. The molecule has 0 aliphatic rings. The Morgan fingerprint density at radius 1 is 1.00 bits per heavy atom. The summed E-state index contributed by atoms with van der Waals surface area (Å²) in [5.41, 5.74) is 4.30. The summed E-state index contributed by atoms with van der Waals surface area (Å²) < 4.78 is 17.1. The zero-order valence-corrected chi connectivity index (χ0v) is 20.4. The van der Waals surface area contributed by atoms with Crippen molar-refractivity contribution in [2.45, 2.75) is 39.0 Å². The van der Waals surface area contributed by atoms with Crippen LogP contribution in [0, 0.1) is 6.92 Å². The maximum atomic E-state index is 13.9. The largest absolute Gasteiger partial charge is 0.293 e. The van der Waals surface area contributed by atoms with Gasteiger partial charge in [-0.05, 0) is 68.0 Å². The van der Waals surface area contributed by atoms with Crippen molar-refractivity contribution >= 4 is 31.7 Å². The molecule has 4 nitrogen and oxygen atoms in total. The molecule has 2 heterocycles. The first kappa shape index (κ1) is 22.2. The Kier molecular flexibility index (Phi) is 6.44. The first-order valence-corrected chi connectivity index (χ1v) is 13.0. The molecular formula is C26H27N3OS2. The molecule has 1 unspecified atom stereocenters. The number of nitrogens with zero attached hydrogens (tertiary/aromatic N) is 2. The van der Waals surface area contributed by atoms with Gasteiger partial charge in [0.2, 0.25) is 0 Å². The fourth-order valence-corrected chi connectivity index (χ4v) is 6.24. The summed E-state index contributed by atoms with van der Waals surface area (Å²) in [5, 5.41) is 1.09. The lowest BCUT2D eigenvalue weighted by Crippen LogP contribution is -2.20. The van der Waals surface area contributed by atoms with Gasteiger partial charge < -0.3 is 0 Å². The number of benzene rings is 2. The number of aromatic nitrogens is 2. The van der Waals surface area contributed by atoms with Crippen molar-refractivity contribution in [2.24, 2.45) is 0 Å². The molecule has 0 aliphatic heterocycles. The van der Waals surface area contributed by atoms with E-state index in [1.165, 1.54) is 5.56 Å².